The molecule has 2 aromatic rings. The molecule has 0 saturated carbocycles. The van der Waals surface area contributed by atoms with Gasteiger partial charge in [-0.25, -0.2) is 5.43 Å². The number of phenolic OH excluding ortho intramolecular Hbond substituents is 1. The van der Waals surface area contributed by atoms with Crippen molar-refractivity contribution >= 4 is 11.6 Å². The van der Waals surface area contributed by atoms with E-state index in [1.807, 2.05) is 32.0 Å². The molecule has 2 rings (SSSR count). The molecular formula is C18H20N2O3. The monoisotopic (exact) mass is 312 g/mol. The van der Waals surface area contributed by atoms with Crippen LogP contribution >= 0.6 is 0 Å². The third-order valence-corrected chi connectivity index (χ3v) is 3.21. The van der Waals surface area contributed by atoms with Crippen LogP contribution < -0.4 is 10.2 Å². The molecule has 5 heteroatoms. The summed E-state index contributed by atoms with van der Waals surface area (Å²) >= 11 is 0. The van der Waals surface area contributed by atoms with Gasteiger partial charge in [-0.15, -0.1) is 0 Å². The van der Waals surface area contributed by atoms with Crippen molar-refractivity contribution in [1.82, 2.24) is 5.43 Å². The number of benzene rings is 2. The van der Waals surface area contributed by atoms with Crippen molar-refractivity contribution in [2.75, 3.05) is 6.61 Å². The van der Waals surface area contributed by atoms with Crippen molar-refractivity contribution < 1.29 is 14.6 Å². The zero-order chi connectivity index (χ0) is 16.8. The Hall–Kier alpha value is -2.82. The molecule has 0 atom stereocenters. The largest absolute Gasteiger partial charge is 0.507 e. The van der Waals surface area contributed by atoms with Crippen molar-refractivity contribution in [2.24, 2.45) is 5.10 Å². The van der Waals surface area contributed by atoms with Gasteiger partial charge >= 0.3 is 0 Å². The van der Waals surface area contributed by atoms with Crippen LogP contribution in [0.4, 0.5) is 0 Å². The molecule has 0 aliphatic heterocycles. The first kappa shape index (κ1) is 16.5. The van der Waals surface area contributed by atoms with Crippen LogP contribution in [0.2, 0.25) is 0 Å². The minimum atomic E-state index is -0.362. The summed E-state index contributed by atoms with van der Waals surface area (Å²) in [5, 5.41) is 13.7. The van der Waals surface area contributed by atoms with Gasteiger partial charge in [-0.3, -0.25) is 4.79 Å². The van der Waals surface area contributed by atoms with Gasteiger partial charge in [-0.05, 0) is 56.2 Å². The number of hydrogen-bond donors (Lipinski definition) is 2. The first-order valence-corrected chi connectivity index (χ1v) is 7.28. The minimum Gasteiger partial charge on any atom is -0.507 e. The van der Waals surface area contributed by atoms with E-state index in [1.165, 1.54) is 0 Å². The van der Waals surface area contributed by atoms with E-state index < -0.39 is 0 Å². The predicted octanol–water partition coefficient (Wildman–Crippen LogP) is 2.93. The van der Waals surface area contributed by atoms with Gasteiger partial charge in [0.15, 0.2) is 6.61 Å². The highest BCUT2D eigenvalue weighted by molar-refractivity contribution is 6.01. The molecule has 1 amide bonds. The van der Waals surface area contributed by atoms with E-state index in [9.17, 15) is 9.90 Å². The topological polar surface area (TPSA) is 70.9 Å². The van der Waals surface area contributed by atoms with E-state index in [-0.39, 0.29) is 18.3 Å². The van der Waals surface area contributed by atoms with Gasteiger partial charge in [-0.1, -0.05) is 18.2 Å². The average Bonchev–Trinajstić information content (AvgIpc) is 2.50. The molecule has 0 radical (unpaired) electrons. The summed E-state index contributed by atoms with van der Waals surface area (Å²) in [6.07, 6.45) is 0. The molecule has 0 aliphatic rings. The van der Waals surface area contributed by atoms with Gasteiger partial charge in [0.2, 0.25) is 0 Å². The molecule has 0 unspecified atom stereocenters. The van der Waals surface area contributed by atoms with Gasteiger partial charge in [-0.2, -0.15) is 5.10 Å². The molecule has 5 nitrogen and oxygen atoms in total. The van der Waals surface area contributed by atoms with Crippen LogP contribution in [0.5, 0.6) is 11.5 Å². The van der Waals surface area contributed by atoms with E-state index in [0.29, 0.717) is 17.0 Å². The highest BCUT2D eigenvalue weighted by Gasteiger charge is 2.06. The smallest absolute Gasteiger partial charge is 0.277 e. The number of nitrogens with one attached hydrogen (secondary N) is 1. The van der Waals surface area contributed by atoms with Gasteiger partial charge in [0.1, 0.15) is 11.5 Å². The molecule has 0 aromatic heterocycles. The number of phenols is 1. The number of rotatable bonds is 5. The Kier molecular flexibility index (Phi) is 5.36. The fraction of sp³-hybridized carbons (Fsp3) is 0.222. The number of hydrogen-bond acceptors (Lipinski definition) is 4. The Bertz CT molecular complexity index is 719. The van der Waals surface area contributed by atoms with Crippen LogP contribution in [0.3, 0.4) is 0 Å². The van der Waals surface area contributed by atoms with Crippen molar-refractivity contribution in [1.29, 1.82) is 0 Å². The maximum atomic E-state index is 11.8. The predicted molar refractivity (Wildman–Crippen MR) is 89.9 cm³/mol. The molecule has 0 spiro atoms. The fourth-order valence-corrected chi connectivity index (χ4v) is 2.18. The van der Waals surface area contributed by atoms with E-state index in [0.717, 1.165) is 11.1 Å². The van der Waals surface area contributed by atoms with Gasteiger partial charge in [0.25, 0.3) is 5.91 Å². The Morgan fingerprint density at radius 1 is 1.17 bits per heavy atom. The summed E-state index contributed by atoms with van der Waals surface area (Å²) in [5.41, 5.74) is 5.66. The lowest BCUT2D eigenvalue weighted by Gasteiger charge is -2.08. The second-order valence-electron chi connectivity index (χ2n) is 5.36. The number of ether oxygens (including phenoxy) is 1. The lowest BCUT2D eigenvalue weighted by molar-refractivity contribution is -0.123. The zero-order valence-corrected chi connectivity index (χ0v) is 13.5. The number of nitrogens with zero attached hydrogens (tertiary/aromatic N) is 1. The standard InChI is InChI=1S/C18H20N2O3/c1-12-8-13(2)10-15(9-12)23-11-18(22)20-19-14(3)16-6-4-5-7-17(16)21/h4-10,21H,11H2,1-3H3,(H,20,22). The quantitative estimate of drug-likeness (QED) is 0.659. The number of hydrazone groups is 1. The number of carbonyl (C=O) groups excluding carboxylic acids is 1. The van der Waals surface area contributed by atoms with Crippen LogP contribution in [-0.2, 0) is 4.79 Å². The number of para-hydroxylation sites is 1. The van der Waals surface area contributed by atoms with Crippen molar-refractivity contribution in [2.45, 2.75) is 20.8 Å². The Labute approximate surface area is 135 Å². The maximum Gasteiger partial charge on any atom is 0.277 e. The Morgan fingerprint density at radius 2 is 1.83 bits per heavy atom. The summed E-state index contributed by atoms with van der Waals surface area (Å²) in [6.45, 7) is 5.53. The average molecular weight is 312 g/mol. The summed E-state index contributed by atoms with van der Waals surface area (Å²) < 4.78 is 5.46. The summed E-state index contributed by atoms with van der Waals surface area (Å²) in [5.74, 6) is 0.410. The number of aryl methyl sites for hydroxylation is 2. The number of amides is 1. The van der Waals surface area contributed by atoms with Gasteiger partial charge in [0, 0.05) is 5.56 Å². The molecule has 120 valence electrons. The summed E-state index contributed by atoms with van der Waals surface area (Å²) in [6, 6.07) is 12.6. The molecule has 2 aromatic carbocycles. The van der Waals surface area contributed by atoms with Crippen LogP contribution in [0.25, 0.3) is 0 Å². The summed E-state index contributed by atoms with van der Waals surface area (Å²) in [7, 11) is 0. The summed E-state index contributed by atoms with van der Waals surface area (Å²) in [4.78, 5) is 11.8. The number of aromatic hydroxyl groups is 1. The molecule has 0 fully saturated rings. The lowest BCUT2D eigenvalue weighted by atomic mass is 10.1. The minimum absolute atomic E-state index is 0.120. The van der Waals surface area contributed by atoms with Crippen LogP contribution in [0.1, 0.15) is 23.6 Å². The van der Waals surface area contributed by atoms with E-state index in [2.05, 4.69) is 10.5 Å². The third kappa shape index (κ3) is 4.85. The normalized spacial score (nSPS) is 11.2. The first-order chi connectivity index (χ1) is 11.0. The van der Waals surface area contributed by atoms with Crippen molar-refractivity contribution in [3.63, 3.8) is 0 Å². The molecule has 2 N–H and O–H groups in total. The maximum absolute atomic E-state index is 11.8. The zero-order valence-electron chi connectivity index (χ0n) is 13.5. The SMILES string of the molecule is CC(=NNC(=O)COc1cc(C)cc(C)c1)c1ccccc1O. The van der Waals surface area contributed by atoms with Crippen LogP contribution in [0, 0.1) is 13.8 Å². The third-order valence-electron chi connectivity index (χ3n) is 3.21. The van der Waals surface area contributed by atoms with Crippen molar-refractivity contribution in [3.8, 4) is 11.5 Å². The lowest BCUT2D eigenvalue weighted by Crippen LogP contribution is -2.25. The second kappa shape index (κ2) is 7.45. The van der Waals surface area contributed by atoms with Crippen LogP contribution in [0.15, 0.2) is 47.6 Å². The van der Waals surface area contributed by atoms with E-state index in [1.54, 1.807) is 31.2 Å². The van der Waals surface area contributed by atoms with Crippen LogP contribution in [-0.4, -0.2) is 23.3 Å². The molecular weight excluding hydrogens is 292 g/mol. The van der Waals surface area contributed by atoms with Gasteiger partial charge < -0.3 is 9.84 Å². The Morgan fingerprint density at radius 3 is 2.48 bits per heavy atom. The molecule has 0 saturated heterocycles. The number of carbonyl (C=O) groups is 1. The van der Waals surface area contributed by atoms with Crippen molar-refractivity contribution in [3.05, 3.63) is 59.2 Å². The highest BCUT2D eigenvalue weighted by atomic mass is 16.5. The fourth-order valence-electron chi connectivity index (χ4n) is 2.18. The first-order valence-electron chi connectivity index (χ1n) is 7.28. The Balaban J connectivity index is 1.92. The molecule has 0 heterocycles. The van der Waals surface area contributed by atoms with Gasteiger partial charge in [0.05, 0.1) is 5.71 Å². The van der Waals surface area contributed by atoms with E-state index >= 15 is 0 Å². The highest BCUT2D eigenvalue weighted by Crippen LogP contribution is 2.17. The van der Waals surface area contributed by atoms with E-state index in [4.69, 9.17) is 4.74 Å². The second-order valence-corrected chi connectivity index (χ2v) is 5.36. The molecule has 0 aliphatic carbocycles. The molecule has 0 bridgehead atoms. The molecule has 23 heavy (non-hydrogen) atoms.